The summed E-state index contributed by atoms with van der Waals surface area (Å²) < 4.78 is 11.4. The average Bonchev–Trinajstić information content (AvgIpc) is 2.99. The Kier molecular flexibility index (Phi) is 10.6. The molecule has 1 N–H and O–H groups in total. The summed E-state index contributed by atoms with van der Waals surface area (Å²) in [5.41, 5.74) is 3.10. The highest BCUT2D eigenvalue weighted by Crippen LogP contribution is 2.22. The molecule has 0 radical (unpaired) electrons. The van der Waals surface area contributed by atoms with Gasteiger partial charge in [-0.1, -0.05) is 87.7 Å². The third-order valence-electron chi connectivity index (χ3n) is 7.62. The van der Waals surface area contributed by atoms with Crippen molar-refractivity contribution in [1.29, 1.82) is 0 Å². The minimum atomic E-state index is -0.685. The molecule has 1 aliphatic rings. The highest BCUT2D eigenvalue weighted by molar-refractivity contribution is 5.88. The second kappa shape index (κ2) is 14.5. The molecule has 0 spiro atoms. The molecule has 1 fully saturated rings. The fraction of sp³-hybridized carbons (Fsp3) is 0.412. The highest BCUT2D eigenvalue weighted by atomic mass is 16.5. The summed E-state index contributed by atoms with van der Waals surface area (Å²) in [6, 6.07) is 24.8. The summed E-state index contributed by atoms with van der Waals surface area (Å²) >= 11 is 0. The van der Waals surface area contributed by atoms with Crippen LogP contribution in [-0.2, 0) is 22.6 Å². The molecule has 0 heterocycles. The Bertz CT molecular complexity index is 1220. The molecule has 3 aromatic rings. The van der Waals surface area contributed by atoms with Gasteiger partial charge in [-0.2, -0.15) is 0 Å². The van der Waals surface area contributed by atoms with Crippen molar-refractivity contribution in [3.63, 3.8) is 0 Å². The highest BCUT2D eigenvalue weighted by Gasteiger charge is 2.32. The van der Waals surface area contributed by atoms with Crippen molar-refractivity contribution < 1.29 is 19.1 Å². The number of ether oxygens (including phenoxy) is 2. The van der Waals surface area contributed by atoms with E-state index in [-0.39, 0.29) is 31.0 Å². The lowest BCUT2D eigenvalue weighted by Crippen LogP contribution is -2.53. The number of hydrogen-bond acceptors (Lipinski definition) is 4. The lowest BCUT2D eigenvalue weighted by molar-refractivity contribution is -0.143. The van der Waals surface area contributed by atoms with Gasteiger partial charge in [0, 0.05) is 19.0 Å². The number of nitrogens with zero attached hydrogens (tertiary/aromatic N) is 1. The number of carbonyl (C=O) groups excluding carboxylic acids is 2. The van der Waals surface area contributed by atoms with Crippen molar-refractivity contribution in [1.82, 2.24) is 10.2 Å². The van der Waals surface area contributed by atoms with Gasteiger partial charge in [0.2, 0.25) is 5.91 Å². The molecule has 40 heavy (non-hydrogen) atoms. The molecular formula is C34H42N2O4. The first kappa shape index (κ1) is 29.2. The second-order valence-electron chi connectivity index (χ2n) is 10.9. The monoisotopic (exact) mass is 542 g/mol. The smallest absolute Gasteiger partial charge is 0.261 e. The molecule has 0 saturated heterocycles. The van der Waals surface area contributed by atoms with Crippen molar-refractivity contribution in [3.05, 3.63) is 95.6 Å². The number of benzene rings is 3. The first-order chi connectivity index (χ1) is 19.4. The molecule has 0 aromatic heterocycles. The Morgan fingerprint density at radius 3 is 2.25 bits per heavy atom. The third kappa shape index (κ3) is 8.35. The van der Waals surface area contributed by atoms with E-state index in [0.29, 0.717) is 23.8 Å². The maximum absolute atomic E-state index is 13.9. The summed E-state index contributed by atoms with van der Waals surface area (Å²) in [6.07, 6.45) is 5.80. The van der Waals surface area contributed by atoms with Gasteiger partial charge in [0.15, 0.2) is 6.61 Å². The summed E-state index contributed by atoms with van der Waals surface area (Å²) in [5.74, 6) is 1.39. The largest absolute Gasteiger partial charge is 0.497 e. The van der Waals surface area contributed by atoms with E-state index >= 15 is 0 Å². The van der Waals surface area contributed by atoms with Crippen LogP contribution in [0.3, 0.4) is 0 Å². The maximum Gasteiger partial charge on any atom is 0.261 e. The van der Waals surface area contributed by atoms with Crippen molar-refractivity contribution in [3.8, 4) is 11.5 Å². The second-order valence-corrected chi connectivity index (χ2v) is 10.9. The molecule has 1 unspecified atom stereocenters. The minimum Gasteiger partial charge on any atom is -0.497 e. The number of carbonyl (C=O) groups is 2. The fourth-order valence-electron chi connectivity index (χ4n) is 5.24. The molecule has 6 heteroatoms. The van der Waals surface area contributed by atoms with Gasteiger partial charge in [-0.25, -0.2) is 0 Å². The van der Waals surface area contributed by atoms with E-state index in [1.807, 2.05) is 78.9 Å². The van der Waals surface area contributed by atoms with E-state index in [0.717, 1.165) is 36.8 Å². The van der Waals surface area contributed by atoms with Crippen LogP contribution in [0.5, 0.6) is 11.5 Å². The molecule has 0 aliphatic heterocycles. The van der Waals surface area contributed by atoms with Gasteiger partial charge < -0.3 is 19.7 Å². The van der Waals surface area contributed by atoms with Crippen LogP contribution >= 0.6 is 0 Å². The SMILES string of the molecule is COc1cccc(CN(C(=O)COc2ccc(C(C)C)cc2)C(Cc2ccccc2)C(=O)NC2CCCCC2)c1. The van der Waals surface area contributed by atoms with E-state index in [1.165, 1.54) is 12.0 Å². The molecule has 1 aliphatic carbocycles. The van der Waals surface area contributed by atoms with E-state index < -0.39 is 6.04 Å². The molecule has 2 amide bonds. The average molecular weight is 543 g/mol. The van der Waals surface area contributed by atoms with Crippen LogP contribution in [-0.4, -0.2) is 42.5 Å². The summed E-state index contributed by atoms with van der Waals surface area (Å²) in [6.45, 7) is 4.39. The minimum absolute atomic E-state index is 0.117. The first-order valence-electron chi connectivity index (χ1n) is 14.4. The van der Waals surface area contributed by atoms with Gasteiger partial charge in [0.05, 0.1) is 7.11 Å². The van der Waals surface area contributed by atoms with Gasteiger partial charge >= 0.3 is 0 Å². The van der Waals surface area contributed by atoms with Gasteiger partial charge in [-0.15, -0.1) is 0 Å². The van der Waals surface area contributed by atoms with Gasteiger partial charge in [-0.3, -0.25) is 9.59 Å². The molecule has 0 bridgehead atoms. The zero-order chi connectivity index (χ0) is 28.3. The molecular weight excluding hydrogens is 500 g/mol. The molecule has 6 nitrogen and oxygen atoms in total. The van der Waals surface area contributed by atoms with Crippen LogP contribution in [0, 0.1) is 0 Å². The zero-order valence-electron chi connectivity index (χ0n) is 24.0. The number of hydrogen-bond donors (Lipinski definition) is 1. The summed E-state index contributed by atoms with van der Waals surface area (Å²) in [5, 5.41) is 3.28. The fourth-order valence-corrected chi connectivity index (χ4v) is 5.24. The molecule has 1 saturated carbocycles. The van der Waals surface area contributed by atoms with Crippen molar-refractivity contribution in [2.45, 2.75) is 76.9 Å². The standard InChI is InChI=1S/C34H42N2O4/c1-25(2)28-17-19-30(20-18-28)40-24-33(37)36(23-27-13-10-16-31(21-27)39-3)32(22-26-11-6-4-7-12-26)34(38)35-29-14-8-5-9-15-29/h4,6-7,10-13,16-21,25,29,32H,5,8-9,14-15,22-24H2,1-3H3,(H,35,38). The van der Waals surface area contributed by atoms with Crippen LogP contribution in [0.4, 0.5) is 0 Å². The van der Waals surface area contributed by atoms with Crippen LogP contribution in [0.1, 0.15) is 68.6 Å². The number of amides is 2. The Balaban J connectivity index is 1.60. The predicted octanol–water partition coefficient (Wildman–Crippen LogP) is 6.29. The van der Waals surface area contributed by atoms with E-state index in [4.69, 9.17) is 9.47 Å². The summed E-state index contributed by atoms with van der Waals surface area (Å²) in [4.78, 5) is 29.4. The topological polar surface area (TPSA) is 67.9 Å². The van der Waals surface area contributed by atoms with Crippen LogP contribution < -0.4 is 14.8 Å². The third-order valence-corrected chi connectivity index (χ3v) is 7.62. The zero-order valence-corrected chi connectivity index (χ0v) is 24.0. The van der Waals surface area contributed by atoms with E-state index in [1.54, 1.807) is 12.0 Å². The first-order valence-corrected chi connectivity index (χ1v) is 14.4. The summed E-state index contributed by atoms with van der Waals surface area (Å²) in [7, 11) is 1.62. The van der Waals surface area contributed by atoms with Crippen LogP contribution in [0.25, 0.3) is 0 Å². The number of nitrogens with one attached hydrogen (secondary N) is 1. The normalized spacial score (nSPS) is 14.4. The Labute approximate surface area is 238 Å². The van der Waals surface area contributed by atoms with Gasteiger partial charge in [-0.05, 0) is 59.7 Å². The predicted molar refractivity (Wildman–Crippen MR) is 159 cm³/mol. The molecule has 1 atom stereocenters. The molecule has 3 aromatic carbocycles. The van der Waals surface area contributed by atoms with Crippen LogP contribution in [0.2, 0.25) is 0 Å². The van der Waals surface area contributed by atoms with Crippen molar-refractivity contribution in [2.75, 3.05) is 13.7 Å². The lowest BCUT2D eigenvalue weighted by Gasteiger charge is -2.33. The maximum atomic E-state index is 13.9. The Morgan fingerprint density at radius 1 is 0.875 bits per heavy atom. The quantitative estimate of drug-likeness (QED) is 0.292. The van der Waals surface area contributed by atoms with Gasteiger partial charge in [0.1, 0.15) is 17.5 Å². The number of methoxy groups -OCH3 is 1. The Hall–Kier alpha value is -3.80. The van der Waals surface area contributed by atoms with E-state index in [2.05, 4.69) is 19.2 Å². The number of rotatable bonds is 12. The van der Waals surface area contributed by atoms with Crippen molar-refractivity contribution >= 4 is 11.8 Å². The van der Waals surface area contributed by atoms with Crippen molar-refractivity contribution in [2.24, 2.45) is 0 Å². The van der Waals surface area contributed by atoms with Crippen LogP contribution in [0.15, 0.2) is 78.9 Å². The molecule has 212 valence electrons. The Morgan fingerprint density at radius 2 is 1.57 bits per heavy atom. The lowest BCUT2D eigenvalue weighted by atomic mass is 9.94. The van der Waals surface area contributed by atoms with E-state index in [9.17, 15) is 9.59 Å². The van der Waals surface area contributed by atoms with Gasteiger partial charge in [0.25, 0.3) is 5.91 Å². The molecule has 4 rings (SSSR count).